The smallest absolute Gasteiger partial charge is 0.255 e. The van der Waals surface area contributed by atoms with E-state index in [1.807, 2.05) is 42.5 Å². The first-order valence-electron chi connectivity index (χ1n) is 6.91. The van der Waals surface area contributed by atoms with Gasteiger partial charge in [-0.2, -0.15) is 0 Å². The van der Waals surface area contributed by atoms with Crippen molar-refractivity contribution >= 4 is 44.9 Å². The van der Waals surface area contributed by atoms with Crippen molar-refractivity contribution in [2.24, 2.45) is 0 Å². The fraction of sp³-hybridized carbons (Fsp3) is 0. The third-order valence-corrected chi connectivity index (χ3v) is 5.70. The summed E-state index contributed by atoms with van der Waals surface area (Å²) in [5.41, 5.74) is 3.00. The predicted octanol–water partition coefficient (Wildman–Crippen LogP) is 4.10. The van der Waals surface area contributed by atoms with Crippen LogP contribution in [0.3, 0.4) is 0 Å². The van der Waals surface area contributed by atoms with Crippen molar-refractivity contribution in [1.29, 1.82) is 0 Å². The van der Waals surface area contributed by atoms with Crippen LogP contribution in [-0.4, -0.2) is 18.6 Å². The van der Waals surface area contributed by atoms with E-state index in [2.05, 4.69) is 14.9 Å². The largest absolute Gasteiger partial charge is 0.280 e. The van der Waals surface area contributed by atoms with Gasteiger partial charge in [0.2, 0.25) is 0 Å². The molecule has 122 valence electrons. The maximum Gasteiger partial charge on any atom is 0.255 e. The second kappa shape index (κ2) is 7.61. The molecular formula is C16H13N3O2S3. The lowest BCUT2D eigenvalue weighted by Gasteiger charge is -2.05. The summed E-state index contributed by atoms with van der Waals surface area (Å²) in [5.74, 6) is 0. The Morgan fingerprint density at radius 2 is 1.79 bits per heavy atom. The molecule has 1 N–H and O–H groups in total. The van der Waals surface area contributed by atoms with Crippen LogP contribution in [-0.2, 0) is 10.0 Å². The highest BCUT2D eigenvalue weighted by molar-refractivity contribution is 8.01. The van der Waals surface area contributed by atoms with Crippen molar-refractivity contribution in [2.45, 2.75) is 9.24 Å². The van der Waals surface area contributed by atoms with Gasteiger partial charge in [-0.05, 0) is 35.9 Å². The molecule has 1 aromatic heterocycles. The highest BCUT2D eigenvalue weighted by Gasteiger charge is 2.06. The van der Waals surface area contributed by atoms with Gasteiger partial charge in [0.15, 0.2) is 4.34 Å². The Hall–Kier alpha value is -2.16. The van der Waals surface area contributed by atoms with Crippen molar-refractivity contribution < 1.29 is 8.42 Å². The summed E-state index contributed by atoms with van der Waals surface area (Å²) in [4.78, 5) is 0.967. The molecule has 8 heteroatoms. The number of benzene rings is 2. The van der Waals surface area contributed by atoms with E-state index in [4.69, 9.17) is 0 Å². The van der Waals surface area contributed by atoms with Crippen molar-refractivity contribution in [3.8, 4) is 0 Å². The summed E-state index contributed by atoms with van der Waals surface area (Å²) in [6.45, 7) is 0. The van der Waals surface area contributed by atoms with Crippen LogP contribution in [0, 0.1) is 0 Å². The second-order valence-corrected chi connectivity index (χ2v) is 8.41. The number of hydrogen-bond donors (Lipinski definition) is 1. The molecule has 0 spiro atoms. The SMILES string of the molecule is O=S(=O)(C=Cc1ccccc1)Nc1ccc(Sc2nncs2)cc1. The molecule has 0 saturated heterocycles. The normalized spacial score (nSPS) is 11.7. The molecule has 0 radical (unpaired) electrons. The van der Waals surface area contributed by atoms with E-state index >= 15 is 0 Å². The zero-order valence-corrected chi connectivity index (χ0v) is 14.8. The Bertz CT molecular complexity index is 907. The molecule has 0 aliphatic rings. The van der Waals surface area contributed by atoms with Crippen molar-refractivity contribution in [3.05, 3.63) is 71.1 Å². The number of nitrogens with zero attached hydrogens (tertiary/aromatic N) is 2. The van der Waals surface area contributed by atoms with Gasteiger partial charge in [-0.25, -0.2) is 8.42 Å². The number of anilines is 1. The summed E-state index contributed by atoms with van der Waals surface area (Å²) in [7, 11) is -3.55. The van der Waals surface area contributed by atoms with Gasteiger partial charge in [-0.3, -0.25) is 4.72 Å². The van der Waals surface area contributed by atoms with E-state index in [0.29, 0.717) is 5.69 Å². The van der Waals surface area contributed by atoms with Crippen LogP contribution in [0.4, 0.5) is 5.69 Å². The van der Waals surface area contributed by atoms with Crippen LogP contribution >= 0.6 is 23.1 Å². The van der Waals surface area contributed by atoms with Gasteiger partial charge < -0.3 is 0 Å². The molecule has 0 saturated carbocycles. The monoisotopic (exact) mass is 375 g/mol. The minimum Gasteiger partial charge on any atom is -0.280 e. The van der Waals surface area contributed by atoms with Gasteiger partial charge in [-0.15, -0.1) is 10.2 Å². The molecule has 0 bridgehead atoms. The minimum atomic E-state index is -3.55. The standard InChI is InChI=1S/C16H13N3O2S3/c20-24(21,11-10-13-4-2-1-3-5-13)19-14-6-8-15(9-7-14)23-16-18-17-12-22-16/h1-12,19H. The number of rotatable bonds is 6. The van der Waals surface area contributed by atoms with Gasteiger partial charge in [0, 0.05) is 10.6 Å². The van der Waals surface area contributed by atoms with Gasteiger partial charge in [-0.1, -0.05) is 53.4 Å². The van der Waals surface area contributed by atoms with Crippen molar-refractivity contribution in [1.82, 2.24) is 10.2 Å². The molecule has 0 aliphatic heterocycles. The molecule has 0 unspecified atom stereocenters. The average Bonchev–Trinajstić information content (AvgIpc) is 3.09. The Balaban J connectivity index is 1.65. The summed E-state index contributed by atoms with van der Waals surface area (Å²) >= 11 is 2.94. The Kier molecular flexibility index (Phi) is 5.29. The molecule has 24 heavy (non-hydrogen) atoms. The molecule has 3 aromatic rings. The maximum atomic E-state index is 12.1. The summed E-state index contributed by atoms with van der Waals surface area (Å²) < 4.78 is 27.6. The van der Waals surface area contributed by atoms with E-state index in [0.717, 1.165) is 20.2 Å². The molecule has 2 aromatic carbocycles. The van der Waals surface area contributed by atoms with Crippen LogP contribution in [0.2, 0.25) is 0 Å². The number of sulfonamides is 1. The molecule has 0 atom stereocenters. The Morgan fingerprint density at radius 3 is 2.46 bits per heavy atom. The number of nitrogens with one attached hydrogen (secondary N) is 1. The lowest BCUT2D eigenvalue weighted by atomic mass is 10.2. The third kappa shape index (κ3) is 4.92. The van der Waals surface area contributed by atoms with Crippen molar-refractivity contribution in [3.63, 3.8) is 0 Å². The van der Waals surface area contributed by atoms with E-state index in [1.165, 1.54) is 23.1 Å². The van der Waals surface area contributed by atoms with E-state index in [-0.39, 0.29) is 0 Å². The lowest BCUT2D eigenvalue weighted by molar-refractivity contribution is 0.609. The lowest BCUT2D eigenvalue weighted by Crippen LogP contribution is -2.08. The molecule has 5 nitrogen and oxygen atoms in total. The molecule has 3 rings (SSSR count). The minimum absolute atomic E-state index is 0.509. The van der Waals surface area contributed by atoms with Gasteiger partial charge in [0.1, 0.15) is 5.51 Å². The summed E-state index contributed by atoms with van der Waals surface area (Å²) in [5, 5.41) is 8.89. The first-order chi connectivity index (χ1) is 11.6. The first-order valence-corrected chi connectivity index (χ1v) is 10.1. The Labute approximate surface area is 148 Å². The highest BCUT2D eigenvalue weighted by atomic mass is 32.2. The van der Waals surface area contributed by atoms with Crippen LogP contribution in [0.25, 0.3) is 6.08 Å². The summed E-state index contributed by atoms with van der Waals surface area (Å²) in [6, 6.07) is 16.4. The zero-order valence-electron chi connectivity index (χ0n) is 12.4. The Morgan fingerprint density at radius 1 is 1.04 bits per heavy atom. The number of hydrogen-bond acceptors (Lipinski definition) is 6. The van der Waals surface area contributed by atoms with Gasteiger partial charge in [0.25, 0.3) is 10.0 Å². The molecule has 0 fully saturated rings. The zero-order chi connectivity index (χ0) is 16.8. The molecular weight excluding hydrogens is 362 g/mol. The van der Waals surface area contributed by atoms with Crippen LogP contribution < -0.4 is 4.72 Å². The molecule has 0 amide bonds. The quantitative estimate of drug-likeness (QED) is 0.702. The third-order valence-electron chi connectivity index (χ3n) is 2.90. The van der Waals surface area contributed by atoms with E-state index in [9.17, 15) is 8.42 Å². The van der Waals surface area contributed by atoms with Gasteiger partial charge in [0.05, 0.1) is 5.41 Å². The summed E-state index contributed by atoms with van der Waals surface area (Å²) in [6.07, 6.45) is 1.56. The second-order valence-electron chi connectivity index (χ2n) is 4.69. The average molecular weight is 376 g/mol. The number of aromatic nitrogens is 2. The van der Waals surface area contributed by atoms with Crippen LogP contribution in [0.5, 0.6) is 0 Å². The van der Waals surface area contributed by atoms with Crippen molar-refractivity contribution in [2.75, 3.05) is 4.72 Å². The fourth-order valence-corrected chi connectivity index (χ4v) is 4.15. The van der Waals surface area contributed by atoms with Crippen LogP contribution in [0.1, 0.15) is 5.56 Å². The van der Waals surface area contributed by atoms with E-state index < -0.39 is 10.0 Å². The molecule has 0 aliphatic carbocycles. The topological polar surface area (TPSA) is 72.0 Å². The molecule has 1 heterocycles. The first kappa shape index (κ1) is 16.7. The predicted molar refractivity (Wildman–Crippen MR) is 98.5 cm³/mol. The maximum absolute atomic E-state index is 12.1. The van der Waals surface area contributed by atoms with Gasteiger partial charge >= 0.3 is 0 Å². The fourth-order valence-electron chi connectivity index (χ4n) is 1.83. The van der Waals surface area contributed by atoms with E-state index in [1.54, 1.807) is 23.7 Å². The van der Waals surface area contributed by atoms with Crippen LogP contribution in [0.15, 0.2) is 74.8 Å². The highest BCUT2D eigenvalue weighted by Crippen LogP contribution is 2.29.